The molecule has 1 aromatic carbocycles. The molecule has 1 aliphatic carbocycles. The van der Waals surface area contributed by atoms with E-state index in [1.807, 2.05) is 5.01 Å². The van der Waals surface area contributed by atoms with Crippen molar-refractivity contribution in [2.45, 2.75) is 89.5 Å². The highest BCUT2D eigenvalue weighted by Gasteiger charge is 2.67. The van der Waals surface area contributed by atoms with Gasteiger partial charge in [0.15, 0.2) is 0 Å². The summed E-state index contributed by atoms with van der Waals surface area (Å²) in [7, 11) is 0. The number of nitrogens with zero attached hydrogens (tertiary/aromatic N) is 2. The largest absolute Gasteiger partial charge is 0.462 e. The molecule has 12 heteroatoms. The van der Waals surface area contributed by atoms with E-state index in [-0.39, 0.29) is 18.0 Å². The van der Waals surface area contributed by atoms with Crippen molar-refractivity contribution in [2.24, 2.45) is 17.3 Å². The van der Waals surface area contributed by atoms with Crippen molar-refractivity contribution in [1.29, 1.82) is 5.26 Å². The molecule has 0 radical (unpaired) electrons. The maximum absolute atomic E-state index is 14.3. The van der Waals surface area contributed by atoms with Crippen LogP contribution in [0, 0.1) is 28.6 Å². The molecule has 1 aromatic rings. The number of piperidine rings is 1. The normalized spacial score (nSPS) is 26.3. The topological polar surface area (TPSA) is 127 Å². The van der Waals surface area contributed by atoms with Crippen LogP contribution in [0.25, 0.3) is 0 Å². The van der Waals surface area contributed by atoms with Gasteiger partial charge in [-0.1, -0.05) is 12.1 Å². The number of hydrazine groups is 1. The van der Waals surface area contributed by atoms with E-state index in [0.717, 1.165) is 38.8 Å². The van der Waals surface area contributed by atoms with Crippen LogP contribution >= 0.6 is 0 Å². The minimum atomic E-state index is -5.18. The average Bonchev–Trinajstić information content (AvgIpc) is 3.63. The van der Waals surface area contributed by atoms with Gasteiger partial charge in [-0.25, -0.2) is 10.4 Å². The number of nitrogens with one attached hydrogen (secondary N) is 3. The molecule has 5 atom stereocenters. The lowest BCUT2D eigenvalue weighted by Crippen LogP contribution is -2.57. The molecule has 2 heterocycles. The van der Waals surface area contributed by atoms with Crippen LogP contribution in [0.3, 0.4) is 0 Å². The number of benzene rings is 1. The van der Waals surface area contributed by atoms with Crippen molar-refractivity contribution in [3.05, 3.63) is 29.8 Å². The molecule has 9 nitrogen and oxygen atoms in total. The molecular formula is C27H36F3N5O4. The molecule has 39 heavy (non-hydrogen) atoms. The van der Waals surface area contributed by atoms with Crippen LogP contribution in [0.5, 0.6) is 0 Å². The molecule has 4 unspecified atom stereocenters. The van der Waals surface area contributed by atoms with Crippen LogP contribution in [0.15, 0.2) is 24.3 Å². The van der Waals surface area contributed by atoms with Gasteiger partial charge in [0.25, 0.3) is 0 Å². The number of amides is 1. The summed E-state index contributed by atoms with van der Waals surface area (Å²) < 4.78 is 48.0. The fourth-order valence-corrected chi connectivity index (χ4v) is 5.74. The van der Waals surface area contributed by atoms with Gasteiger partial charge in [0, 0.05) is 24.3 Å². The first-order chi connectivity index (χ1) is 18.2. The Hall–Kier alpha value is -2.88. The van der Waals surface area contributed by atoms with Crippen molar-refractivity contribution in [3.8, 4) is 6.07 Å². The number of rotatable bonds is 9. The Morgan fingerprint density at radius 3 is 2.41 bits per heavy atom. The fraction of sp³-hybridized carbons (Fsp3) is 0.667. The highest BCUT2D eigenvalue weighted by molar-refractivity contribution is 5.82. The summed E-state index contributed by atoms with van der Waals surface area (Å²) in [5.41, 5.74) is -2.59. The molecule has 3 fully saturated rings. The molecule has 4 N–H and O–H groups in total. The number of nitriles is 1. The minimum Gasteiger partial charge on any atom is -0.462 e. The number of carbonyl (C=O) groups is 2. The van der Waals surface area contributed by atoms with Gasteiger partial charge in [0.1, 0.15) is 11.6 Å². The number of fused-ring (bicyclic) bond motifs is 1. The third-order valence-corrected chi connectivity index (χ3v) is 8.08. The molecule has 1 saturated carbocycles. The number of aliphatic hydroxyl groups is 1. The highest BCUT2D eigenvalue weighted by Crippen LogP contribution is 2.51. The number of esters is 1. The van der Waals surface area contributed by atoms with E-state index in [1.54, 1.807) is 0 Å². The lowest BCUT2D eigenvalue weighted by Gasteiger charge is -2.42. The van der Waals surface area contributed by atoms with Gasteiger partial charge in [-0.15, -0.1) is 0 Å². The number of hydrogen-bond acceptors (Lipinski definition) is 8. The third-order valence-electron chi connectivity index (χ3n) is 8.08. The van der Waals surface area contributed by atoms with E-state index in [2.05, 4.69) is 22.1 Å². The molecule has 2 saturated heterocycles. The van der Waals surface area contributed by atoms with E-state index >= 15 is 0 Å². The monoisotopic (exact) mass is 551 g/mol. The Kier molecular flexibility index (Phi) is 7.91. The Morgan fingerprint density at radius 2 is 1.87 bits per heavy atom. The Labute approximate surface area is 226 Å². The first kappa shape index (κ1) is 29.1. The van der Waals surface area contributed by atoms with E-state index in [0.29, 0.717) is 31.0 Å². The van der Waals surface area contributed by atoms with E-state index in [1.165, 1.54) is 26.0 Å². The number of hydrogen-bond donors (Lipinski definition) is 4. The molecule has 0 bridgehead atoms. The van der Waals surface area contributed by atoms with E-state index < -0.39 is 46.9 Å². The standard InChI is InChI=1S/C27H36F3N5O4/c1-15(2)39-24(37)25(3,4)26(38,27(28,29)30)17-7-9-18(10-8-17)33-22-21-20(12-14-32-23(21)36)35(34-22)19(11-13-31)16-5-6-16/h7-10,15-16,19-22,33-34,38H,5-6,11-12,14H2,1-4H3,(H,32,36)/t19-,20?,21?,22?,26?/m0/s1. The zero-order chi connectivity index (χ0) is 28.8. The summed E-state index contributed by atoms with van der Waals surface area (Å²) in [6, 6.07) is 7.09. The molecule has 3 aliphatic rings. The summed E-state index contributed by atoms with van der Waals surface area (Å²) in [4.78, 5) is 25.5. The van der Waals surface area contributed by atoms with E-state index in [9.17, 15) is 33.1 Å². The van der Waals surface area contributed by atoms with Crippen LogP contribution in [0.2, 0.25) is 0 Å². The van der Waals surface area contributed by atoms with Gasteiger partial charge in [-0.05, 0) is 70.6 Å². The quantitative estimate of drug-likeness (QED) is 0.345. The maximum atomic E-state index is 14.3. The van der Waals surface area contributed by atoms with Gasteiger partial charge in [0.2, 0.25) is 11.5 Å². The third kappa shape index (κ3) is 5.32. The molecule has 1 amide bonds. The number of halogens is 3. The second-order valence-corrected chi connectivity index (χ2v) is 11.5. The number of anilines is 1. The second-order valence-electron chi connectivity index (χ2n) is 11.5. The van der Waals surface area contributed by atoms with Gasteiger partial charge in [-0.2, -0.15) is 18.4 Å². The molecule has 0 aromatic heterocycles. The number of ether oxygens (including phenoxy) is 1. The van der Waals surface area contributed by atoms with Crippen molar-refractivity contribution in [3.63, 3.8) is 0 Å². The van der Waals surface area contributed by atoms with Crippen LogP contribution in [-0.2, 0) is 19.9 Å². The predicted octanol–water partition coefficient (Wildman–Crippen LogP) is 3.17. The van der Waals surface area contributed by atoms with Gasteiger partial charge in [0.05, 0.1) is 24.5 Å². The van der Waals surface area contributed by atoms with Crippen molar-refractivity contribution in [2.75, 3.05) is 11.9 Å². The molecule has 2 aliphatic heterocycles. The molecular weight excluding hydrogens is 515 g/mol. The van der Waals surface area contributed by atoms with Crippen molar-refractivity contribution < 1.29 is 32.6 Å². The zero-order valence-corrected chi connectivity index (χ0v) is 22.5. The summed E-state index contributed by atoms with van der Waals surface area (Å²) in [5, 5.41) is 28.6. The van der Waals surface area contributed by atoms with Crippen LogP contribution in [0.1, 0.15) is 58.9 Å². The lowest BCUT2D eigenvalue weighted by molar-refractivity contribution is -0.304. The first-order valence-electron chi connectivity index (χ1n) is 13.3. The first-order valence-corrected chi connectivity index (χ1v) is 13.3. The number of alkyl halides is 3. The van der Waals surface area contributed by atoms with Gasteiger partial charge >= 0.3 is 12.1 Å². The van der Waals surface area contributed by atoms with E-state index in [4.69, 9.17) is 4.74 Å². The average molecular weight is 552 g/mol. The second kappa shape index (κ2) is 10.6. The fourth-order valence-electron chi connectivity index (χ4n) is 5.74. The molecule has 214 valence electrons. The Balaban J connectivity index is 1.59. The zero-order valence-electron chi connectivity index (χ0n) is 22.5. The summed E-state index contributed by atoms with van der Waals surface area (Å²) in [6.07, 6.45) is -3.31. The molecule has 0 spiro atoms. The van der Waals surface area contributed by atoms with Crippen LogP contribution in [0.4, 0.5) is 18.9 Å². The number of carbonyl (C=O) groups excluding carboxylic acids is 2. The summed E-state index contributed by atoms with van der Waals surface area (Å²) in [6.45, 7) is 5.57. The SMILES string of the molecule is CC(C)OC(=O)C(C)(C)C(O)(c1ccc(NC2NN([C@@H](CC#N)C3CC3)C3CCNC(=O)C23)cc1)C(F)(F)F. The minimum absolute atomic E-state index is 0.0304. The lowest BCUT2D eigenvalue weighted by atomic mass is 9.70. The van der Waals surface area contributed by atoms with Crippen LogP contribution < -0.4 is 16.1 Å². The summed E-state index contributed by atoms with van der Waals surface area (Å²) in [5.74, 6) is -1.41. The van der Waals surface area contributed by atoms with Crippen LogP contribution in [-0.4, -0.2) is 59.1 Å². The Bertz CT molecular complexity index is 1120. The highest BCUT2D eigenvalue weighted by atomic mass is 19.4. The van der Waals surface area contributed by atoms with Gasteiger partial charge in [-0.3, -0.25) is 9.59 Å². The predicted molar refractivity (Wildman–Crippen MR) is 135 cm³/mol. The van der Waals surface area contributed by atoms with Crippen molar-refractivity contribution in [1.82, 2.24) is 15.8 Å². The van der Waals surface area contributed by atoms with Gasteiger partial charge < -0.3 is 20.5 Å². The maximum Gasteiger partial charge on any atom is 0.422 e. The smallest absolute Gasteiger partial charge is 0.422 e. The molecule has 4 rings (SSSR count). The Morgan fingerprint density at radius 1 is 1.23 bits per heavy atom. The summed E-state index contributed by atoms with van der Waals surface area (Å²) >= 11 is 0. The van der Waals surface area contributed by atoms with Crippen molar-refractivity contribution >= 4 is 17.6 Å².